The molecule has 2 bridgehead atoms. The molecule has 0 amide bonds. The van der Waals surface area contributed by atoms with Gasteiger partial charge < -0.3 is 20.6 Å². The lowest BCUT2D eigenvalue weighted by Crippen LogP contribution is -2.54. The van der Waals surface area contributed by atoms with Crippen LogP contribution in [0.15, 0.2) is 55.2 Å². The second-order valence-corrected chi connectivity index (χ2v) is 8.85. The van der Waals surface area contributed by atoms with Crippen LogP contribution in [0.4, 0.5) is 17.3 Å². The molecule has 3 aromatic heterocycles. The Labute approximate surface area is 207 Å². The average molecular weight is 481 g/mol. The topological polar surface area (TPSA) is 135 Å². The van der Waals surface area contributed by atoms with Crippen molar-refractivity contribution in [2.45, 2.75) is 31.5 Å². The Morgan fingerprint density at radius 3 is 2.69 bits per heavy atom. The summed E-state index contributed by atoms with van der Waals surface area (Å²) in [6, 6.07) is 11.5. The molecule has 2 aliphatic heterocycles. The Hall–Kier alpha value is -4.72. The number of piperazine rings is 1. The Morgan fingerprint density at radius 1 is 1.08 bits per heavy atom. The quantitative estimate of drug-likeness (QED) is 0.416. The second-order valence-electron chi connectivity index (χ2n) is 8.85. The van der Waals surface area contributed by atoms with Crippen molar-refractivity contribution in [1.29, 1.82) is 0 Å². The van der Waals surface area contributed by atoms with E-state index in [1.165, 1.54) is 6.33 Å². The number of para-hydroxylation sites is 1. The van der Waals surface area contributed by atoms with Crippen LogP contribution in [0.5, 0.6) is 5.75 Å². The van der Waals surface area contributed by atoms with E-state index in [9.17, 15) is 5.11 Å². The Bertz CT molecular complexity index is 1430. The van der Waals surface area contributed by atoms with Gasteiger partial charge in [-0.05, 0) is 43.0 Å². The van der Waals surface area contributed by atoms with Gasteiger partial charge in [0.25, 0.3) is 0 Å². The van der Waals surface area contributed by atoms with Crippen LogP contribution in [0.3, 0.4) is 0 Å². The molecule has 3 N–H and O–H groups in total. The molecule has 0 saturated carbocycles. The Balaban J connectivity index is 1.22. The molecule has 2 atom stereocenters. The van der Waals surface area contributed by atoms with Gasteiger partial charge in [-0.1, -0.05) is 18.1 Å². The molecular formula is C25H24N10O. The molecule has 11 heteroatoms. The van der Waals surface area contributed by atoms with E-state index in [0.29, 0.717) is 29.4 Å². The first kappa shape index (κ1) is 21.8. The van der Waals surface area contributed by atoms with E-state index >= 15 is 0 Å². The van der Waals surface area contributed by atoms with Crippen molar-refractivity contribution >= 4 is 17.3 Å². The predicted octanol–water partition coefficient (Wildman–Crippen LogP) is 1.72. The largest absolute Gasteiger partial charge is 0.507 e. The molecule has 2 saturated heterocycles. The van der Waals surface area contributed by atoms with Crippen molar-refractivity contribution in [2.24, 2.45) is 0 Å². The second kappa shape index (κ2) is 9.14. The highest BCUT2D eigenvalue weighted by atomic mass is 16.3. The molecule has 5 heterocycles. The van der Waals surface area contributed by atoms with Crippen molar-refractivity contribution in [3.63, 3.8) is 0 Å². The van der Waals surface area contributed by atoms with Crippen LogP contribution in [0, 0.1) is 11.8 Å². The van der Waals surface area contributed by atoms with E-state index < -0.39 is 0 Å². The summed E-state index contributed by atoms with van der Waals surface area (Å²) >= 11 is 0. The van der Waals surface area contributed by atoms with Gasteiger partial charge in [-0.3, -0.25) is 0 Å². The summed E-state index contributed by atoms with van der Waals surface area (Å²) in [5.74, 6) is 8.00. The summed E-state index contributed by atoms with van der Waals surface area (Å²) < 4.78 is 1.65. The van der Waals surface area contributed by atoms with Gasteiger partial charge in [0.05, 0.1) is 11.4 Å². The van der Waals surface area contributed by atoms with Gasteiger partial charge in [-0.25, -0.2) is 19.6 Å². The summed E-state index contributed by atoms with van der Waals surface area (Å²) in [6.07, 6.45) is 6.99. The van der Waals surface area contributed by atoms with Gasteiger partial charge in [0, 0.05) is 36.9 Å². The zero-order chi connectivity index (χ0) is 24.5. The number of nitrogens with two attached hydrogens (primary N) is 1. The monoisotopic (exact) mass is 480 g/mol. The van der Waals surface area contributed by atoms with E-state index in [2.05, 4.69) is 46.9 Å². The van der Waals surface area contributed by atoms with Gasteiger partial charge >= 0.3 is 0 Å². The van der Waals surface area contributed by atoms with Gasteiger partial charge in [0.2, 0.25) is 5.82 Å². The summed E-state index contributed by atoms with van der Waals surface area (Å²) in [5, 5.41) is 22.7. The molecule has 6 rings (SSSR count). The first-order chi connectivity index (χ1) is 17.7. The maximum atomic E-state index is 10.3. The van der Waals surface area contributed by atoms with Crippen LogP contribution in [0.2, 0.25) is 0 Å². The van der Waals surface area contributed by atoms with E-state index in [1.807, 2.05) is 24.3 Å². The van der Waals surface area contributed by atoms with Gasteiger partial charge in [-0.15, -0.1) is 10.2 Å². The van der Waals surface area contributed by atoms with Crippen LogP contribution in [-0.4, -0.2) is 65.2 Å². The zero-order valence-electron chi connectivity index (χ0n) is 19.4. The molecule has 0 spiro atoms. The lowest BCUT2D eigenvalue weighted by molar-refractivity contribution is 0.477. The van der Waals surface area contributed by atoms with Crippen LogP contribution < -0.4 is 15.5 Å². The Morgan fingerprint density at radius 2 is 1.92 bits per heavy atom. The first-order valence-corrected chi connectivity index (χ1v) is 11.7. The number of nitrogens with zero attached hydrogens (tertiary/aromatic N) is 9. The van der Waals surface area contributed by atoms with E-state index in [4.69, 9.17) is 10.7 Å². The average Bonchev–Trinajstić information content (AvgIpc) is 3.50. The fraction of sp³-hybridized carbons (Fsp3) is 0.280. The molecule has 1 aromatic carbocycles. The number of aromatic nitrogens is 7. The number of aromatic hydroxyl groups is 1. The number of benzene rings is 1. The van der Waals surface area contributed by atoms with Crippen LogP contribution >= 0.6 is 0 Å². The third kappa shape index (κ3) is 4.13. The summed E-state index contributed by atoms with van der Waals surface area (Å²) in [4.78, 5) is 17.6. The van der Waals surface area contributed by atoms with Crippen LogP contribution in [0.1, 0.15) is 18.7 Å². The number of hydrogen-bond donors (Lipinski definition) is 2. The van der Waals surface area contributed by atoms with Crippen molar-refractivity contribution in [2.75, 3.05) is 28.6 Å². The zero-order valence-corrected chi connectivity index (χ0v) is 19.4. The number of phenolic OH excluding ortho intramolecular Hbond substituents is 1. The SMILES string of the molecule is Nc1nnc(-c2ccccc2O)cc1N1CC2CCC(C1)N2c1ccnc(C#CCn2cncn2)n1. The molecule has 2 aliphatic rings. The normalized spacial score (nSPS) is 18.7. The molecule has 0 aliphatic carbocycles. The summed E-state index contributed by atoms with van der Waals surface area (Å²) in [6.45, 7) is 2.00. The number of nitrogen functional groups attached to an aromatic ring is 1. The standard InChI is InChI=1S/C25H24N10O/c26-25-21(12-20(31-32-25)19-4-1-2-5-22(19)36)33-13-17-7-8-18(14-33)35(17)24-9-10-28-23(30-24)6-3-11-34-16-27-15-29-34/h1-2,4-5,9-10,12,15-18,36H,7-8,11,13-14H2,(H2,26,32). The maximum Gasteiger partial charge on any atom is 0.206 e. The van der Waals surface area contributed by atoms with Crippen LogP contribution in [-0.2, 0) is 6.54 Å². The van der Waals surface area contributed by atoms with Crippen molar-refractivity contribution in [1.82, 2.24) is 34.9 Å². The highest BCUT2D eigenvalue weighted by Gasteiger charge is 2.41. The van der Waals surface area contributed by atoms with Crippen molar-refractivity contribution < 1.29 is 5.11 Å². The van der Waals surface area contributed by atoms with Gasteiger partial charge in [-0.2, -0.15) is 5.10 Å². The van der Waals surface area contributed by atoms with Crippen molar-refractivity contribution in [3.8, 4) is 28.8 Å². The van der Waals surface area contributed by atoms with Crippen molar-refractivity contribution in [3.05, 3.63) is 61.1 Å². The van der Waals surface area contributed by atoms with E-state index in [0.717, 1.165) is 37.4 Å². The third-order valence-corrected chi connectivity index (χ3v) is 6.62. The molecule has 11 nitrogen and oxygen atoms in total. The maximum absolute atomic E-state index is 10.3. The third-order valence-electron chi connectivity index (χ3n) is 6.62. The summed E-state index contributed by atoms with van der Waals surface area (Å²) in [5.41, 5.74) is 8.32. The molecule has 4 aromatic rings. The predicted molar refractivity (Wildman–Crippen MR) is 134 cm³/mol. The lowest BCUT2D eigenvalue weighted by atomic mass is 10.1. The number of hydrogen-bond acceptors (Lipinski definition) is 10. The Kier molecular flexibility index (Phi) is 5.53. The lowest BCUT2D eigenvalue weighted by Gasteiger charge is -2.42. The molecule has 0 radical (unpaired) electrons. The number of phenols is 1. The first-order valence-electron chi connectivity index (χ1n) is 11.7. The van der Waals surface area contributed by atoms with E-state index in [-0.39, 0.29) is 17.8 Å². The fourth-order valence-electron chi connectivity index (χ4n) is 5.01. The highest BCUT2D eigenvalue weighted by Crippen LogP contribution is 2.38. The fourth-order valence-corrected chi connectivity index (χ4v) is 5.01. The molecular weight excluding hydrogens is 456 g/mol. The molecule has 2 fully saturated rings. The number of rotatable bonds is 4. The van der Waals surface area contributed by atoms with Crippen LogP contribution in [0.25, 0.3) is 11.3 Å². The summed E-state index contributed by atoms with van der Waals surface area (Å²) in [7, 11) is 0. The minimum atomic E-state index is 0.163. The van der Waals surface area contributed by atoms with Gasteiger partial charge in [0.1, 0.15) is 30.8 Å². The number of anilines is 3. The minimum Gasteiger partial charge on any atom is -0.507 e. The number of fused-ring (bicyclic) bond motifs is 2. The van der Waals surface area contributed by atoms with E-state index in [1.54, 1.807) is 29.3 Å². The molecule has 2 unspecified atom stereocenters. The molecule has 180 valence electrons. The highest BCUT2D eigenvalue weighted by molar-refractivity contribution is 5.74. The van der Waals surface area contributed by atoms with Gasteiger partial charge in [0.15, 0.2) is 5.82 Å². The minimum absolute atomic E-state index is 0.163. The smallest absolute Gasteiger partial charge is 0.206 e. The molecule has 36 heavy (non-hydrogen) atoms.